The summed E-state index contributed by atoms with van der Waals surface area (Å²) >= 11 is 6.11. The molecule has 0 aromatic heterocycles. The van der Waals surface area contributed by atoms with Crippen LogP contribution in [0, 0.1) is 0 Å². The Bertz CT molecular complexity index is 735. The SMILES string of the molecule is COCC(=O)Nc1ccc(NC(=O)N(C)Cc2ccccc2Cl)cc1. The number of urea groups is 1. The van der Waals surface area contributed by atoms with Gasteiger partial charge in [0.05, 0.1) is 0 Å². The summed E-state index contributed by atoms with van der Waals surface area (Å²) in [6.07, 6.45) is 0. The Labute approximate surface area is 151 Å². The predicted molar refractivity (Wildman–Crippen MR) is 98.9 cm³/mol. The van der Waals surface area contributed by atoms with Gasteiger partial charge < -0.3 is 20.3 Å². The molecular formula is C18H20ClN3O3. The van der Waals surface area contributed by atoms with Gasteiger partial charge in [0.15, 0.2) is 0 Å². The molecule has 2 N–H and O–H groups in total. The number of carbonyl (C=O) groups excluding carboxylic acids is 2. The quantitative estimate of drug-likeness (QED) is 0.826. The highest BCUT2D eigenvalue weighted by atomic mass is 35.5. The van der Waals surface area contributed by atoms with Crippen LogP contribution in [0.15, 0.2) is 48.5 Å². The van der Waals surface area contributed by atoms with Gasteiger partial charge in [-0.1, -0.05) is 29.8 Å². The van der Waals surface area contributed by atoms with Gasteiger partial charge in [-0.15, -0.1) is 0 Å². The molecule has 0 atom stereocenters. The average molecular weight is 362 g/mol. The molecular weight excluding hydrogens is 342 g/mol. The highest BCUT2D eigenvalue weighted by Gasteiger charge is 2.11. The minimum absolute atomic E-state index is 0.00860. The Morgan fingerprint density at radius 3 is 2.24 bits per heavy atom. The van der Waals surface area contributed by atoms with Crippen molar-refractivity contribution in [1.29, 1.82) is 0 Å². The Morgan fingerprint density at radius 2 is 1.64 bits per heavy atom. The Kier molecular flexibility index (Phi) is 6.80. The van der Waals surface area contributed by atoms with Crippen LogP contribution >= 0.6 is 11.6 Å². The van der Waals surface area contributed by atoms with Gasteiger partial charge in [0, 0.05) is 37.1 Å². The van der Waals surface area contributed by atoms with E-state index in [1.807, 2.05) is 18.2 Å². The molecule has 0 aliphatic rings. The van der Waals surface area contributed by atoms with Crippen LogP contribution in [0.2, 0.25) is 5.02 Å². The molecule has 3 amide bonds. The summed E-state index contributed by atoms with van der Waals surface area (Å²) in [5, 5.41) is 6.10. The van der Waals surface area contributed by atoms with Crippen molar-refractivity contribution in [2.45, 2.75) is 6.54 Å². The number of methoxy groups -OCH3 is 1. The standard InChI is InChI=1S/C18H20ClN3O3/c1-22(11-13-5-3-4-6-16(13)19)18(24)21-15-9-7-14(8-10-15)20-17(23)12-25-2/h3-10H,11-12H2,1-2H3,(H,20,23)(H,21,24). The van der Waals surface area contributed by atoms with E-state index in [-0.39, 0.29) is 18.5 Å². The third-order valence-electron chi connectivity index (χ3n) is 3.41. The van der Waals surface area contributed by atoms with Gasteiger partial charge in [0.1, 0.15) is 6.61 Å². The zero-order chi connectivity index (χ0) is 18.2. The van der Waals surface area contributed by atoms with E-state index >= 15 is 0 Å². The molecule has 132 valence electrons. The van der Waals surface area contributed by atoms with Gasteiger partial charge in [-0.25, -0.2) is 4.79 Å². The molecule has 0 heterocycles. The largest absolute Gasteiger partial charge is 0.375 e. The number of hydrogen-bond acceptors (Lipinski definition) is 3. The van der Waals surface area contributed by atoms with Crippen LogP contribution in [0.4, 0.5) is 16.2 Å². The number of rotatable bonds is 6. The maximum absolute atomic E-state index is 12.3. The smallest absolute Gasteiger partial charge is 0.321 e. The molecule has 0 saturated heterocycles. The van der Waals surface area contributed by atoms with Crippen molar-refractivity contribution in [3.05, 3.63) is 59.1 Å². The van der Waals surface area contributed by atoms with Gasteiger partial charge >= 0.3 is 6.03 Å². The first-order chi connectivity index (χ1) is 12.0. The molecule has 0 radical (unpaired) electrons. The summed E-state index contributed by atoms with van der Waals surface area (Å²) in [4.78, 5) is 25.2. The van der Waals surface area contributed by atoms with E-state index in [2.05, 4.69) is 10.6 Å². The van der Waals surface area contributed by atoms with Crippen LogP contribution in [-0.2, 0) is 16.1 Å². The highest BCUT2D eigenvalue weighted by Crippen LogP contribution is 2.18. The fourth-order valence-corrected chi connectivity index (χ4v) is 2.33. The van der Waals surface area contributed by atoms with Crippen LogP contribution in [0.5, 0.6) is 0 Å². The molecule has 25 heavy (non-hydrogen) atoms. The van der Waals surface area contributed by atoms with Gasteiger partial charge in [0.2, 0.25) is 5.91 Å². The van der Waals surface area contributed by atoms with Crippen molar-refractivity contribution in [3.8, 4) is 0 Å². The molecule has 2 aromatic carbocycles. The monoisotopic (exact) mass is 361 g/mol. The number of carbonyl (C=O) groups is 2. The van der Waals surface area contributed by atoms with Crippen molar-refractivity contribution >= 4 is 34.9 Å². The number of halogens is 1. The molecule has 6 nitrogen and oxygen atoms in total. The fourth-order valence-electron chi connectivity index (χ4n) is 2.14. The third-order valence-corrected chi connectivity index (χ3v) is 3.78. The van der Waals surface area contributed by atoms with E-state index in [0.717, 1.165) is 5.56 Å². The number of nitrogens with zero attached hydrogens (tertiary/aromatic N) is 1. The van der Waals surface area contributed by atoms with Crippen molar-refractivity contribution in [2.24, 2.45) is 0 Å². The number of nitrogens with one attached hydrogen (secondary N) is 2. The summed E-state index contributed by atoms with van der Waals surface area (Å²) in [7, 11) is 3.15. The predicted octanol–water partition coefficient (Wildman–Crippen LogP) is 3.59. The van der Waals surface area contributed by atoms with E-state index in [9.17, 15) is 9.59 Å². The lowest BCUT2D eigenvalue weighted by atomic mass is 10.2. The van der Waals surface area contributed by atoms with Gasteiger partial charge in [0.25, 0.3) is 0 Å². The molecule has 0 unspecified atom stereocenters. The summed E-state index contributed by atoms with van der Waals surface area (Å²) in [6.45, 7) is 0.391. The van der Waals surface area contributed by atoms with Gasteiger partial charge in [-0.3, -0.25) is 4.79 Å². The molecule has 0 aliphatic heterocycles. The second kappa shape index (κ2) is 9.05. The lowest BCUT2D eigenvalue weighted by molar-refractivity contribution is -0.119. The molecule has 2 rings (SSSR count). The first-order valence-electron chi connectivity index (χ1n) is 7.64. The minimum atomic E-state index is -0.254. The maximum atomic E-state index is 12.3. The van der Waals surface area contributed by atoms with Crippen molar-refractivity contribution in [1.82, 2.24) is 4.90 Å². The van der Waals surface area contributed by atoms with E-state index in [4.69, 9.17) is 16.3 Å². The normalized spacial score (nSPS) is 10.2. The Hall–Kier alpha value is -2.57. The van der Waals surface area contributed by atoms with Crippen molar-refractivity contribution in [2.75, 3.05) is 31.4 Å². The first kappa shape index (κ1) is 18.8. The van der Waals surface area contributed by atoms with E-state index < -0.39 is 0 Å². The molecule has 7 heteroatoms. The topological polar surface area (TPSA) is 70.7 Å². The summed E-state index contributed by atoms with van der Waals surface area (Å²) in [6, 6.07) is 14.0. The van der Waals surface area contributed by atoms with Crippen LogP contribution in [0.3, 0.4) is 0 Å². The number of amides is 3. The van der Waals surface area contributed by atoms with E-state index in [0.29, 0.717) is 22.9 Å². The van der Waals surface area contributed by atoms with Crippen molar-refractivity contribution in [3.63, 3.8) is 0 Å². The molecule has 2 aromatic rings. The number of anilines is 2. The zero-order valence-corrected chi connectivity index (χ0v) is 14.8. The lowest BCUT2D eigenvalue weighted by Gasteiger charge is -2.19. The van der Waals surface area contributed by atoms with Crippen molar-refractivity contribution < 1.29 is 14.3 Å². The fraction of sp³-hybridized carbons (Fsp3) is 0.222. The zero-order valence-electron chi connectivity index (χ0n) is 14.1. The van der Waals surface area contributed by atoms with Crippen LogP contribution < -0.4 is 10.6 Å². The average Bonchev–Trinajstić information content (AvgIpc) is 2.59. The van der Waals surface area contributed by atoms with Crippen LogP contribution in [-0.4, -0.2) is 37.6 Å². The Balaban J connectivity index is 1.91. The Morgan fingerprint density at radius 1 is 1.04 bits per heavy atom. The minimum Gasteiger partial charge on any atom is -0.375 e. The van der Waals surface area contributed by atoms with Gasteiger partial charge in [-0.2, -0.15) is 0 Å². The second-order valence-corrected chi connectivity index (χ2v) is 5.84. The molecule has 0 fully saturated rings. The van der Waals surface area contributed by atoms with Crippen LogP contribution in [0.25, 0.3) is 0 Å². The second-order valence-electron chi connectivity index (χ2n) is 5.44. The third kappa shape index (κ3) is 5.77. The highest BCUT2D eigenvalue weighted by molar-refractivity contribution is 6.31. The molecule has 0 aliphatic carbocycles. The maximum Gasteiger partial charge on any atom is 0.321 e. The molecule has 0 bridgehead atoms. The summed E-state index contributed by atoms with van der Waals surface area (Å²) in [5.41, 5.74) is 2.13. The lowest BCUT2D eigenvalue weighted by Crippen LogP contribution is -2.30. The first-order valence-corrected chi connectivity index (χ1v) is 8.01. The molecule has 0 spiro atoms. The number of ether oxygens (including phenoxy) is 1. The summed E-state index contributed by atoms with van der Waals surface area (Å²) < 4.78 is 4.75. The van der Waals surface area contributed by atoms with Gasteiger partial charge in [-0.05, 0) is 35.9 Å². The van der Waals surface area contributed by atoms with E-state index in [1.54, 1.807) is 37.4 Å². The number of hydrogen-bond donors (Lipinski definition) is 2. The molecule has 0 saturated carbocycles. The summed E-state index contributed by atoms with van der Waals surface area (Å²) in [5.74, 6) is -0.237. The number of benzene rings is 2. The van der Waals surface area contributed by atoms with Crippen LogP contribution in [0.1, 0.15) is 5.56 Å². The van der Waals surface area contributed by atoms with E-state index in [1.165, 1.54) is 12.0 Å².